The molecule has 1 N–H and O–H groups in total. The fourth-order valence-electron chi connectivity index (χ4n) is 2.71. The van der Waals surface area contributed by atoms with Gasteiger partial charge < -0.3 is 5.32 Å². The van der Waals surface area contributed by atoms with E-state index in [1.165, 1.54) is 0 Å². The molecule has 5 nitrogen and oxygen atoms in total. The molecule has 0 saturated carbocycles. The highest BCUT2D eigenvalue weighted by Gasteiger charge is 2.24. The highest BCUT2D eigenvalue weighted by molar-refractivity contribution is 7.89. The molecule has 1 heterocycles. The molecule has 1 aromatic rings. The molecule has 0 aliphatic carbocycles. The number of hydrogen-bond acceptors (Lipinski definition) is 3. The third-order valence-corrected chi connectivity index (χ3v) is 5.68. The highest BCUT2D eigenvalue weighted by atomic mass is 32.2. The fraction of sp³-hybridized carbons (Fsp3) is 0.562. The summed E-state index contributed by atoms with van der Waals surface area (Å²) in [5.41, 5.74) is 1.64. The van der Waals surface area contributed by atoms with E-state index in [-0.39, 0.29) is 5.91 Å². The van der Waals surface area contributed by atoms with Crippen LogP contribution >= 0.6 is 0 Å². The second-order valence-electron chi connectivity index (χ2n) is 5.62. The first kappa shape index (κ1) is 17.0. The SMILES string of the molecule is CCCN(CCC)S(=O)(=O)c1ccc2c(c1)CCCC(=O)N2. The molecule has 0 fully saturated rings. The van der Waals surface area contributed by atoms with Crippen LogP contribution in [0.1, 0.15) is 45.1 Å². The van der Waals surface area contributed by atoms with E-state index in [0.29, 0.717) is 24.4 Å². The van der Waals surface area contributed by atoms with Crippen LogP contribution in [0.5, 0.6) is 0 Å². The molecule has 0 aromatic heterocycles. The van der Waals surface area contributed by atoms with Crippen LogP contribution in [0.3, 0.4) is 0 Å². The Morgan fingerprint density at radius 1 is 1.14 bits per heavy atom. The van der Waals surface area contributed by atoms with Gasteiger partial charge in [-0.25, -0.2) is 8.42 Å². The Kier molecular flexibility index (Phi) is 5.58. The van der Waals surface area contributed by atoms with E-state index >= 15 is 0 Å². The number of nitrogens with one attached hydrogen (secondary N) is 1. The Hall–Kier alpha value is -1.40. The summed E-state index contributed by atoms with van der Waals surface area (Å²) in [6.07, 6.45) is 3.53. The van der Waals surface area contributed by atoms with Gasteiger partial charge in [-0.3, -0.25) is 4.79 Å². The zero-order chi connectivity index (χ0) is 16.2. The molecule has 6 heteroatoms. The van der Waals surface area contributed by atoms with Gasteiger partial charge in [0.1, 0.15) is 0 Å². The molecule has 0 atom stereocenters. The Labute approximate surface area is 132 Å². The predicted octanol–water partition coefficient (Wildman–Crippen LogP) is 2.77. The van der Waals surface area contributed by atoms with Gasteiger partial charge in [0.15, 0.2) is 0 Å². The maximum Gasteiger partial charge on any atom is 0.243 e. The Morgan fingerprint density at radius 3 is 2.45 bits per heavy atom. The lowest BCUT2D eigenvalue weighted by Gasteiger charge is -2.21. The molecule has 22 heavy (non-hydrogen) atoms. The van der Waals surface area contributed by atoms with E-state index in [9.17, 15) is 13.2 Å². The highest BCUT2D eigenvalue weighted by Crippen LogP contribution is 2.26. The van der Waals surface area contributed by atoms with Crippen LogP contribution in [0.25, 0.3) is 0 Å². The molecule has 1 aromatic carbocycles. The first-order chi connectivity index (χ1) is 10.5. The Bertz CT molecular complexity index is 635. The molecular formula is C16H24N2O3S. The minimum atomic E-state index is -3.46. The third-order valence-electron chi connectivity index (χ3n) is 3.78. The van der Waals surface area contributed by atoms with Crippen LogP contribution in [-0.4, -0.2) is 31.7 Å². The topological polar surface area (TPSA) is 66.5 Å². The van der Waals surface area contributed by atoms with E-state index in [4.69, 9.17) is 0 Å². The van der Waals surface area contributed by atoms with Gasteiger partial charge in [0.25, 0.3) is 0 Å². The van der Waals surface area contributed by atoms with Crippen molar-refractivity contribution in [3.63, 3.8) is 0 Å². The molecule has 0 radical (unpaired) electrons. The summed E-state index contributed by atoms with van der Waals surface area (Å²) in [4.78, 5) is 11.9. The third kappa shape index (κ3) is 3.67. The molecule has 1 aliphatic heterocycles. The molecule has 0 spiro atoms. The molecule has 2 rings (SSSR count). The number of fused-ring (bicyclic) bond motifs is 1. The maximum absolute atomic E-state index is 12.8. The van der Waals surface area contributed by atoms with Crippen LogP contribution in [-0.2, 0) is 21.2 Å². The van der Waals surface area contributed by atoms with Crippen molar-refractivity contribution in [1.82, 2.24) is 4.31 Å². The van der Waals surface area contributed by atoms with Gasteiger partial charge in [-0.15, -0.1) is 0 Å². The minimum Gasteiger partial charge on any atom is -0.326 e. The number of aryl methyl sites for hydroxylation is 1. The molecule has 1 aliphatic rings. The summed E-state index contributed by atoms with van der Waals surface area (Å²) in [6.45, 7) is 5.02. The second kappa shape index (κ2) is 7.24. The number of anilines is 1. The van der Waals surface area contributed by atoms with E-state index in [2.05, 4.69) is 5.32 Å². The minimum absolute atomic E-state index is 0.00653. The van der Waals surface area contributed by atoms with E-state index < -0.39 is 10.0 Å². The van der Waals surface area contributed by atoms with Gasteiger partial charge in [-0.2, -0.15) is 4.31 Å². The lowest BCUT2D eigenvalue weighted by atomic mass is 10.1. The quantitative estimate of drug-likeness (QED) is 0.875. The largest absolute Gasteiger partial charge is 0.326 e. The number of hydrogen-bond donors (Lipinski definition) is 1. The van der Waals surface area contributed by atoms with Crippen molar-refractivity contribution in [3.05, 3.63) is 23.8 Å². The Balaban J connectivity index is 2.35. The standard InChI is InChI=1S/C16H24N2O3S/c1-3-10-18(11-4-2)22(20,21)14-8-9-15-13(12-14)6-5-7-16(19)17-15/h8-9,12H,3-7,10-11H2,1-2H3,(H,17,19). The Morgan fingerprint density at radius 2 is 1.82 bits per heavy atom. The zero-order valence-electron chi connectivity index (χ0n) is 13.3. The van der Waals surface area contributed by atoms with E-state index in [1.807, 2.05) is 13.8 Å². The van der Waals surface area contributed by atoms with Gasteiger partial charge in [0.2, 0.25) is 15.9 Å². The van der Waals surface area contributed by atoms with Crippen LogP contribution in [0.15, 0.2) is 23.1 Å². The number of carbonyl (C=O) groups is 1. The number of amides is 1. The lowest BCUT2D eigenvalue weighted by Crippen LogP contribution is -2.32. The van der Waals surface area contributed by atoms with Crippen molar-refractivity contribution < 1.29 is 13.2 Å². The zero-order valence-corrected chi connectivity index (χ0v) is 14.1. The van der Waals surface area contributed by atoms with Crippen LogP contribution in [0.2, 0.25) is 0 Å². The predicted molar refractivity (Wildman–Crippen MR) is 87.4 cm³/mol. The van der Waals surface area contributed by atoms with Crippen LogP contribution in [0.4, 0.5) is 5.69 Å². The number of sulfonamides is 1. The number of carbonyl (C=O) groups excluding carboxylic acids is 1. The lowest BCUT2D eigenvalue weighted by molar-refractivity contribution is -0.116. The first-order valence-electron chi connectivity index (χ1n) is 7.92. The van der Waals surface area contributed by atoms with Gasteiger partial charge in [0.05, 0.1) is 4.90 Å². The monoisotopic (exact) mass is 324 g/mol. The van der Waals surface area contributed by atoms with E-state index in [0.717, 1.165) is 36.9 Å². The summed E-state index contributed by atoms with van der Waals surface area (Å²) in [5, 5.41) is 2.83. The fourth-order valence-corrected chi connectivity index (χ4v) is 4.39. The number of nitrogens with zero attached hydrogens (tertiary/aromatic N) is 1. The molecular weight excluding hydrogens is 300 g/mol. The van der Waals surface area contributed by atoms with Gasteiger partial charge in [-0.1, -0.05) is 13.8 Å². The van der Waals surface area contributed by atoms with Crippen molar-refractivity contribution in [3.8, 4) is 0 Å². The molecule has 122 valence electrons. The van der Waals surface area contributed by atoms with Crippen molar-refractivity contribution in [2.75, 3.05) is 18.4 Å². The van der Waals surface area contributed by atoms with Gasteiger partial charge in [-0.05, 0) is 49.4 Å². The smallest absolute Gasteiger partial charge is 0.243 e. The molecule has 1 amide bonds. The number of rotatable bonds is 6. The summed E-state index contributed by atoms with van der Waals surface area (Å²) >= 11 is 0. The van der Waals surface area contributed by atoms with E-state index in [1.54, 1.807) is 22.5 Å². The van der Waals surface area contributed by atoms with Crippen molar-refractivity contribution in [1.29, 1.82) is 0 Å². The number of benzene rings is 1. The van der Waals surface area contributed by atoms with Crippen LogP contribution < -0.4 is 5.32 Å². The molecule has 0 bridgehead atoms. The summed E-state index contributed by atoms with van der Waals surface area (Å²) < 4.78 is 27.1. The molecule has 0 saturated heterocycles. The van der Waals surface area contributed by atoms with Gasteiger partial charge >= 0.3 is 0 Å². The molecule has 0 unspecified atom stereocenters. The normalized spacial score (nSPS) is 15.3. The van der Waals surface area contributed by atoms with Gasteiger partial charge in [0, 0.05) is 25.2 Å². The average Bonchev–Trinajstić information content (AvgIpc) is 2.66. The van der Waals surface area contributed by atoms with Crippen molar-refractivity contribution in [2.45, 2.75) is 50.8 Å². The first-order valence-corrected chi connectivity index (χ1v) is 9.36. The maximum atomic E-state index is 12.8. The van der Waals surface area contributed by atoms with Crippen LogP contribution in [0, 0.1) is 0 Å². The summed E-state index contributed by atoms with van der Waals surface area (Å²) in [5.74, 6) is -0.00653. The average molecular weight is 324 g/mol. The second-order valence-corrected chi connectivity index (χ2v) is 7.56. The summed E-state index contributed by atoms with van der Waals surface area (Å²) in [7, 11) is -3.46. The summed E-state index contributed by atoms with van der Waals surface area (Å²) in [6, 6.07) is 5.02. The van der Waals surface area contributed by atoms with Crippen molar-refractivity contribution in [2.24, 2.45) is 0 Å². The van der Waals surface area contributed by atoms with Crippen molar-refractivity contribution >= 4 is 21.6 Å².